The zero-order valence-electron chi connectivity index (χ0n) is 13.0. The van der Waals surface area contributed by atoms with E-state index in [1.54, 1.807) is 13.2 Å². The molecule has 1 heterocycles. The van der Waals surface area contributed by atoms with E-state index in [4.69, 9.17) is 14.2 Å². The van der Waals surface area contributed by atoms with Gasteiger partial charge in [-0.3, -0.25) is 0 Å². The molecule has 0 saturated carbocycles. The SMILES string of the molecule is COC(=O)c1cc2ccc(OCc3ccccc3)c(OC)c2[nH]1. The van der Waals surface area contributed by atoms with Crippen LogP contribution in [0.15, 0.2) is 48.5 Å². The second kappa shape index (κ2) is 6.44. The highest BCUT2D eigenvalue weighted by Crippen LogP contribution is 2.36. The number of esters is 1. The van der Waals surface area contributed by atoms with Gasteiger partial charge in [0, 0.05) is 5.39 Å². The molecule has 5 heteroatoms. The topological polar surface area (TPSA) is 60.6 Å². The van der Waals surface area contributed by atoms with Crippen LogP contribution in [0, 0.1) is 0 Å². The first-order valence-electron chi connectivity index (χ1n) is 7.17. The maximum Gasteiger partial charge on any atom is 0.354 e. The number of nitrogens with one attached hydrogen (secondary N) is 1. The molecule has 0 aliphatic heterocycles. The zero-order valence-corrected chi connectivity index (χ0v) is 13.0. The van der Waals surface area contributed by atoms with Crippen molar-refractivity contribution in [1.29, 1.82) is 0 Å². The van der Waals surface area contributed by atoms with Gasteiger partial charge < -0.3 is 19.2 Å². The smallest absolute Gasteiger partial charge is 0.354 e. The summed E-state index contributed by atoms with van der Waals surface area (Å²) in [5, 5.41) is 0.856. The highest BCUT2D eigenvalue weighted by atomic mass is 16.5. The molecule has 0 spiro atoms. The largest absolute Gasteiger partial charge is 0.491 e. The van der Waals surface area contributed by atoms with Gasteiger partial charge in [-0.1, -0.05) is 30.3 Å². The van der Waals surface area contributed by atoms with Crippen LogP contribution in [0.2, 0.25) is 0 Å². The van der Waals surface area contributed by atoms with Crippen molar-refractivity contribution < 1.29 is 19.0 Å². The number of benzene rings is 2. The van der Waals surface area contributed by atoms with Crippen molar-refractivity contribution in [3.05, 3.63) is 59.8 Å². The molecular weight excluding hydrogens is 294 g/mol. The van der Waals surface area contributed by atoms with Crippen molar-refractivity contribution in [2.75, 3.05) is 14.2 Å². The van der Waals surface area contributed by atoms with Crippen LogP contribution >= 0.6 is 0 Å². The van der Waals surface area contributed by atoms with Gasteiger partial charge in [-0.05, 0) is 23.8 Å². The lowest BCUT2D eigenvalue weighted by Crippen LogP contribution is -2.01. The van der Waals surface area contributed by atoms with Crippen molar-refractivity contribution in [3.63, 3.8) is 0 Å². The van der Waals surface area contributed by atoms with E-state index in [1.807, 2.05) is 42.5 Å². The summed E-state index contributed by atoms with van der Waals surface area (Å²) in [6.45, 7) is 0.438. The van der Waals surface area contributed by atoms with E-state index in [0.29, 0.717) is 29.3 Å². The van der Waals surface area contributed by atoms with E-state index < -0.39 is 5.97 Å². The number of carbonyl (C=O) groups is 1. The molecule has 0 aliphatic rings. The average Bonchev–Trinajstić information content (AvgIpc) is 3.03. The number of hydrogen-bond acceptors (Lipinski definition) is 4. The Labute approximate surface area is 133 Å². The molecule has 0 atom stereocenters. The molecule has 5 nitrogen and oxygen atoms in total. The van der Waals surface area contributed by atoms with Crippen LogP contribution in [0.1, 0.15) is 16.1 Å². The minimum atomic E-state index is -0.421. The van der Waals surface area contributed by atoms with Crippen molar-refractivity contribution in [1.82, 2.24) is 4.98 Å². The number of rotatable bonds is 5. The number of H-pyrrole nitrogens is 1. The quantitative estimate of drug-likeness (QED) is 0.732. The maximum absolute atomic E-state index is 11.7. The van der Waals surface area contributed by atoms with Crippen LogP contribution in [-0.4, -0.2) is 25.2 Å². The fourth-order valence-corrected chi connectivity index (χ4v) is 2.43. The number of methoxy groups -OCH3 is 2. The monoisotopic (exact) mass is 311 g/mol. The Morgan fingerprint density at radius 1 is 1.09 bits per heavy atom. The van der Waals surface area contributed by atoms with Crippen LogP contribution in [0.25, 0.3) is 10.9 Å². The second-order valence-electron chi connectivity index (χ2n) is 5.01. The fraction of sp³-hybridized carbons (Fsp3) is 0.167. The number of carbonyl (C=O) groups excluding carboxylic acids is 1. The van der Waals surface area contributed by atoms with Gasteiger partial charge in [-0.25, -0.2) is 4.79 Å². The van der Waals surface area contributed by atoms with Gasteiger partial charge >= 0.3 is 5.97 Å². The van der Waals surface area contributed by atoms with E-state index in [-0.39, 0.29) is 0 Å². The summed E-state index contributed by atoms with van der Waals surface area (Å²) < 4.78 is 16.1. The van der Waals surface area contributed by atoms with Crippen LogP contribution in [0.3, 0.4) is 0 Å². The molecule has 0 unspecified atom stereocenters. The molecule has 0 fully saturated rings. The minimum Gasteiger partial charge on any atom is -0.491 e. The van der Waals surface area contributed by atoms with Crippen LogP contribution in [-0.2, 0) is 11.3 Å². The summed E-state index contributed by atoms with van der Waals surface area (Å²) in [6.07, 6.45) is 0. The summed E-state index contributed by atoms with van der Waals surface area (Å²) >= 11 is 0. The highest BCUT2D eigenvalue weighted by Gasteiger charge is 2.16. The van der Waals surface area contributed by atoms with Crippen molar-refractivity contribution >= 4 is 16.9 Å². The Hall–Kier alpha value is -2.95. The molecule has 1 aromatic heterocycles. The number of aromatic nitrogens is 1. The second-order valence-corrected chi connectivity index (χ2v) is 5.01. The van der Waals surface area contributed by atoms with Crippen LogP contribution < -0.4 is 9.47 Å². The Balaban J connectivity index is 1.92. The van der Waals surface area contributed by atoms with Gasteiger partial charge in [0.2, 0.25) is 0 Å². The molecule has 1 N–H and O–H groups in total. The average molecular weight is 311 g/mol. The van der Waals surface area contributed by atoms with Crippen molar-refractivity contribution in [2.45, 2.75) is 6.61 Å². The summed E-state index contributed by atoms with van der Waals surface area (Å²) in [5.41, 5.74) is 2.15. The number of ether oxygens (including phenoxy) is 3. The van der Waals surface area contributed by atoms with Gasteiger partial charge in [0.15, 0.2) is 11.5 Å². The molecule has 0 saturated heterocycles. The predicted molar refractivity (Wildman–Crippen MR) is 87.0 cm³/mol. The molecule has 3 rings (SSSR count). The predicted octanol–water partition coefficient (Wildman–Crippen LogP) is 3.54. The lowest BCUT2D eigenvalue weighted by atomic mass is 10.2. The molecular formula is C18H17NO4. The molecule has 2 aromatic carbocycles. The number of aromatic amines is 1. The van der Waals surface area contributed by atoms with Gasteiger partial charge in [-0.15, -0.1) is 0 Å². The first kappa shape index (κ1) is 15.0. The zero-order chi connectivity index (χ0) is 16.2. The Bertz CT molecular complexity index is 824. The number of fused-ring (bicyclic) bond motifs is 1. The first-order valence-corrected chi connectivity index (χ1v) is 7.17. The third kappa shape index (κ3) is 2.99. The van der Waals surface area contributed by atoms with Gasteiger partial charge in [0.05, 0.1) is 19.7 Å². The van der Waals surface area contributed by atoms with Gasteiger partial charge in [0.25, 0.3) is 0 Å². The molecule has 3 aromatic rings. The number of hydrogen-bond donors (Lipinski definition) is 1. The highest BCUT2D eigenvalue weighted by molar-refractivity contribution is 5.97. The molecule has 118 valence electrons. The van der Waals surface area contributed by atoms with E-state index in [9.17, 15) is 4.79 Å². The van der Waals surface area contributed by atoms with Gasteiger partial charge in [-0.2, -0.15) is 0 Å². The molecule has 0 aliphatic carbocycles. The van der Waals surface area contributed by atoms with Crippen molar-refractivity contribution in [2.24, 2.45) is 0 Å². The summed E-state index contributed by atoms with van der Waals surface area (Å²) in [6, 6.07) is 15.3. The Morgan fingerprint density at radius 3 is 2.57 bits per heavy atom. The summed E-state index contributed by atoms with van der Waals surface area (Å²) in [7, 11) is 2.92. The molecule has 0 amide bonds. The van der Waals surface area contributed by atoms with E-state index >= 15 is 0 Å². The maximum atomic E-state index is 11.7. The third-order valence-electron chi connectivity index (χ3n) is 3.56. The normalized spacial score (nSPS) is 10.5. The lowest BCUT2D eigenvalue weighted by Gasteiger charge is -2.11. The minimum absolute atomic E-state index is 0.376. The summed E-state index contributed by atoms with van der Waals surface area (Å²) in [5.74, 6) is 0.755. The van der Waals surface area contributed by atoms with E-state index in [1.165, 1.54) is 7.11 Å². The molecule has 23 heavy (non-hydrogen) atoms. The standard InChI is InChI=1S/C18H17NO4/c1-21-17-15(23-11-12-6-4-3-5-7-12)9-8-13-10-14(18(20)22-2)19-16(13)17/h3-10,19H,11H2,1-2H3. The Kier molecular flexibility index (Phi) is 4.19. The first-order chi connectivity index (χ1) is 11.2. The van der Waals surface area contributed by atoms with Gasteiger partial charge in [0.1, 0.15) is 12.3 Å². The van der Waals surface area contributed by atoms with Crippen LogP contribution in [0.5, 0.6) is 11.5 Å². The van der Waals surface area contributed by atoms with E-state index in [2.05, 4.69) is 4.98 Å². The van der Waals surface area contributed by atoms with Crippen LogP contribution in [0.4, 0.5) is 0 Å². The molecule has 0 bridgehead atoms. The fourth-order valence-electron chi connectivity index (χ4n) is 2.43. The molecule has 0 radical (unpaired) electrons. The Morgan fingerprint density at radius 2 is 1.87 bits per heavy atom. The third-order valence-corrected chi connectivity index (χ3v) is 3.56. The summed E-state index contributed by atoms with van der Waals surface area (Å²) in [4.78, 5) is 14.7. The lowest BCUT2D eigenvalue weighted by molar-refractivity contribution is 0.0595. The van der Waals surface area contributed by atoms with E-state index in [0.717, 1.165) is 10.9 Å². The van der Waals surface area contributed by atoms with Crippen molar-refractivity contribution in [3.8, 4) is 11.5 Å².